The van der Waals surface area contributed by atoms with Crippen molar-refractivity contribution in [3.05, 3.63) is 29.5 Å². The van der Waals surface area contributed by atoms with E-state index in [9.17, 15) is 15.0 Å². The number of ether oxygens (including phenoxy) is 2. The largest absolute Gasteiger partial charge is 0.508 e. The lowest BCUT2D eigenvalue weighted by Crippen LogP contribution is -2.41. The van der Waals surface area contributed by atoms with Crippen molar-refractivity contribution >= 4 is 16.7 Å². The zero-order chi connectivity index (χ0) is 19.3. The lowest BCUT2D eigenvalue weighted by atomic mass is 9.82. The van der Waals surface area contributed by atoms with Crippen LogP contribution < -0.4 is 4.74 Å². The molecule has 2 unspecified atom stereocenters. The molecule has 1 saturated heterocycles. The number of aromatic nitrogens is 1. The average Bonchev–Trinajstić information content (AvgIpc) is 3.49. The molecule has 3 fully saturated rings. The van der Waals surface area contributed by atoms with Crippen molar-refractivity contribution in [2.45, 2.75) is 56.5 Å². The van der Waals surface area contributed by atoms with E-state index in [1.165, 1.54) is 5.56 Å². The van der Waals surface area contributed by atoms with Gasteiger partial charge in [0, 0.05) is 24.5 Å². The van der Waals surface area contributed by atoms with Crippen molar-refractivity contribution in [3.63, 3.8) is 0 Å². The molecule has 6 heteroatoms. The number of hydrogen-bond acceptors (Lipinski definition) is 5. The normalized spacial score (nSPS) is 25.4. The summed E-state index contributed by atoms with van der Waals surface area (Å²) in [4.78, 5) is 16.4. The fraction of sp³-hybridized carbons (Fsp3) is 0.545. The molecule has 0 radical (unpaired) electrons. The van der Waals surface area contributed by atoms with Crippen molar-refractivity contribution in [2.75, 3.05) is 13.2 Å². The Morgan fingerprint density at radius 2 is 1.82 bits per heavy atom. The maximum atomic E-state index is 11.4. The molecule has 6 nitrogen and oxygen atoms in total. The summed E-state index contributed by atoms with van der Waals surface area (Å²) in [5, 5.41) is 21.3. The number of fused-ring (bicyclic) bond motifs is 1. The molecule has 1 aliphatic heterocycles. The average molecular weight is 383 g/mol. The Labute approximate surface area is 163 Å². The fourth-order valence-corrected chi connectivity index (χ4v) is 4.52. The summed E-state index contributed by atoms with van der Waals surface area (Å²) >= 11 is 0. The number of nitrogens with zero attached hydrogens (tertiary/aromatic N) is 1. The lowest BCUT2D eigenvalue weighted by Gasteiger charge is -2.34. The minimum absolute atomic E-state index is 0.170. The number of pyridine rings is 1. The van der Waals surface area contributed by atoms with Crippen LogP contribution in [0.3, 0.4) is 0 Å². The standard InChI is InChI=1S/C22H25NO5/c24-14-3-4-15-17(11-14)21(28-18-6-5-16(18)22(25)26)23-20(19(15)12-1-2-12)13-7-9-27-10-8-13/h3-4,11-13,16,18,24H,1-2,5-10H2,(H,25,26). The van der Waals surface area contributed by atoms with Crippen molar-refractivity contribution < 1.29 is 24.5 Å². The summed E-state index contributed by atoms with van der Waals surface area (Å²) in [6, 6.07) is 5.38. The van der Waals surface area contributed by atoms with Crippen LogP contribution in [-0.2, 0) is 9.53 Å². The third-order valence-electron chi connectivity index (χ3n) is 6.41. The van der Waals surface area contributed by atoms with Crippen molar-refractivity contribution in [1.82, 2.24) is 4.98 Å². The first kappa shape index (κ1) is 17.7. The molecular weight excluding hydrogens is 358 g/mol. The van der Waals surface area contributed by atoms with Crippen LogP contribution in [0.5, 0.6) is 11.6 Å². The van der Waals surface area contributed by atoms with Crippen LogP contribution in [0.2, 0.25) is 0 Å². The second-order valence-corrected chi connectivity index (χ2v) is 8.29. The molecule has 2 N–H and O–H groups in total. The summed E-state index contributed by atoms with van der Waals surface area (Å²) in [5.74, 6) is 0.186. The molecule has 0 spiro atoms. The van der Waals surface area contributed by atoms with E-state index in [0.717, 1.165) is 61.8 Å². The van der Waals surface area contributed by atoms with E-state index in [4.69, 9.17) is 14.5 Å². The van der Waals surface area contributed by atoms with Crippen LogP contribution in [0.1, 0.15) is 61.6 Å². The molecule has 1 aromatic carbocycles. The van der Waals surface area contributed by atoms with Gasteiger partial charge < -0.3 is 19.7 Å². The molecular formula is C22H25NO5. The lowest BCUT2D eigenvalue weighted by molar-refractivity contribution is -0.150. The van der Waals surface area contributed by atoms with E-state index in [1.54, 1.807) is 12.1 Å². The highest BCUT2D eigenvalue weighted by atomic mass is 16.5. The number of aliphatic carboxylic acids is 1. The van der Waals surface area contributed by atoms with E-state index in [-0.39, 0.29) is 11.9 Å². The number of aromatic hydroxyl groups is 1. The summed E-state index contributed by atoms with van der Waals surface area (Å²) in [6.07, 6.45) is 5.21. The van der Waals surface area contributed by atoms with Gasteiger partial charge in [0.15, 0.2) is 0 Å². The molecule has 0 amide bonds. The maximum Gasteiger partial charge on any atom is 0.310 e. The smallest absolute Gasteiger partial charge is 0.310 e. The molecule has 2 heterocycles. The summed E-state index contributed by atoms with van der Waals surface area (Å²) in [5.41, 5.74) is 2.38. The Balaban J connectivity index is 1.62. The van der Waals surface area contributed by atoms with Gasteiger partial charge in [-0.15, -0.1) is 0 Å². The fourth-order valence-electron chi connectivity index (χ4n) is 4.52. The Hall–Kier alpha value is -2.34. The number of benzene rings is 1. The van der Waals surface area contributed by atoms with E-state index in [0.29, 0.717) is 24.1 Å². The van der Waals surface area contributed by atoms with Crippen molar-refractivity contribution in [3.8, 4) is 11.6 Å². The molecule has 148 valence electrons. The molecule has 3 aliphatic rings. The first-order valence-electron chi connectivity index (χ1n) is 10.3. The van der Waals surface area contributed by atoms with Gasteiger partial charge >= 0.3 is 5.97 Å². The van der Waals surface area contributed by atoms with Gasteiger partial charge in [0.05, 0.1) is 11.6 Å². The third-order valence-corrected chi connectivity index (χ3v) is 6.41. The Morgan fingerprint density at radius 3 is 2.46 bits per heavy atom. The maximum absolute atomic E-state index is 11.4. The first-order valence-corrected chi connectivity index (χ1v) is 10.3. The predicted octanol–water partition coefficient (Wildman–Crippen LogP) is 3.95. The second kappa shape index (κ2) is 6.92. The predicted molar refractivity (Wildman–Crippen MR) is 103 cm³/mol. The van der Waals surface area contributed by atoms with Crippen LogP contribution in [0.15, 0.2) is 18.2 Å². The Bertz CT molecular complexity index is 917. The van der Waals surface area contributed by atoms with Gasteiger partial charge in [-0.2, -0.15) is 0 Å². The highest BCUT2D eigenvalue weighted by Gasteiger charge is 2.40. The van der Waals surface area contributed by atoms with E-state index in [2.05, 4.69) is 0 Å². The van der Waals surface area contributed by atoms with Crippen molar-refractivity contribution in [1.29, 1.82) is 0 Å². The second-order valence-electron chi connectivity index (χ2n) is 8.29. The van der Waals surface area contributed by atoms with E-state index >= 15 is 0 Å². The monoisotopic (exact) mass is 383 g/mol. The molecule has 2 saturated carbocycles. The van der Waals surface area contributed by atoms with E-state index in [1.807, 2.05) is 6.07 Å². The molecule has 2 aromatic rings. The topological polar surface area (TPSA) is 88.9 Å². The molecule has 0 bridgehead atoms. The first-order chi connectivity index (χ1) is 13.6. The minimum atomic E-state index is -0.817. The zero-order valence-corrected chi connectivity index (χ0v) is 15.8. The highest BCUT2D eigenvalue weighted by Crippen LogP contribution is 2.49. The summed E-state index contributed by atoms with van der Waals surface area (Å²) in [7, 11) is 0. The van der Waals surface area contributed by atoms with Gasteiger partial charge in [-0.05, 0) is 67.5 Å². The van der Waals surface area contributed by atoms with Crippen LogP contribution in [0, 0.1) is 5.92 Å². The molecule has 2 atom stereocenters. The Kier molecular flexibility index (Phi) is 4.38. The highest BCUT2D eigenvalue weighted by molar-refractivity contribution is 5.92. The van der Waals surface area contributed by atoms with Crippen LogP contribution in [0.4, 0.5) is 0 Å². The summed E-state index contributed by atoms with van der Waals surface area (Å²) in [6.45, 7) is 1.48. The third kappa shape index (κ3) is 3.09. The van der Waals surface area contributed by atoms with Crippen molar-refractivity contribution in [2.24, 2.45) is 5.92 Å². The molecule has 2 aliphatic carbocycles. The van der Waals surface area contributed by atoms with Gasteiger partial charge in [-0.1, -0.05) is 6.07 Å². The van der Waals surface area contributed by atoms with Crippen LogP contribution >= 0.6 is 0 Å². The van der Waals surface area contributed by atoms with Gasteiger partial charge in [0.25, 0.3) is 0 Å². The van der Waals surface area contributed by atoms with Crippen LogP contribution in [-0.4, -0.2) is 40.5 Å². The number of phenolic OH excluding ortho intramolecular Hbond substituents is 1. The molecule has 28 heavy (non-hydrogen) atoms. The number of carboxylic acid groups (broad SMARTS) is 1. The van der Waals surface area contributed by atoms with Gasteiger partial charge in [0.1, 0.15) is 11.9 Å². The van der Waals surface area contributed by atoms with Crippen LogP contribution in [0.25, 0.3) is 10.8 Å². The number of phenols is 1. The zero-order valence-electron chi connectivity index (χ0n) is 15.8. The van der Waals surface area contributed by atoms with Gasteiger partial charge in [-0.3, -0.25) is 4.79 Å². The number of carbonyl (C=O) groups is 1. The number of rotatable bonds is 5. The SMILES string of the molecule is O=C(O)C1CCC1Oc1nc(C2CCOCC2)c(C2CC2)c2ccc(O)cc12. The number of carboxylic acids is 1. The molecule has 5 rings (SSSR count). The quantitative estimate of drug-likeness (QED) is 0.813. The number of hydrogen-bond donors (Lipinski definition) is 2. The molecule has 1 aromatic heterocycles. The van der Waals surface area contributed by atoms with Gasteiger partial charge in [-0.25, -0.2) is 4.98 Å². The Morgan fingerprint density at radius 1 is 1.04 bits per heavy atom. The summed E-state index contributed by atoms with van der Waals surface area (Å²) < 4.78 is 11.7. The van der Waals surface area contributed by atoms with Gasteiger partial charge in [0.2, 0.25) is 5.88 Å². The van der Waals surface area contributed by atoms with E-state index < -0.39 is 11.9 Å². The minimum Gasteiger partial charge on any atom is -0.508 e.